The minimum absolute atomic E-state index is 0.0706. The molecule has 2 aromatic heterocycles. The molecule has 0 bridgehead atoms. The van der Waals surface area contributed by atoms with Crippen molar-refractivity contribution in [3.05, 3.63) is 88.4 Å². The Hall–Kier alpha value is -6.00. The van der Waals surface area contributed by atoms with Gasteiger partial charge in [0.15, 0.2) is 0 Å². The summed E-state index contributed by atoms with van der Waals surface area (Å²) in [6, 6.07) is 21.2. The second-order valence-corrected chi connectivity index (χ2v) is 13.5. The Morgan fingerprint density at radius 3 is 2.53 bits per heavy atom. The standard InChI is InChI=1S/C38H36N8O5/c1-43-37(49)51-35(42-43)26-5-3-24(4-6-26)25-11-15-45(16-12-25)33(47)22-44-17-13-38(23-44)14-18-46(36(38)48)29-8-9-31-30(20-29)34(41-40-31)27-7-10-32(50-2)28(19-27)21-39/h3-11,19-20H,12-18,22-23H2,1-2H3,(H,40,41)/t38-/m0/s1. The number of amides is 2. The van der Waals surface area contributed by atoms with Gasteiger partial charge >= 0.3 is 5.76 Å². The van der Waals surface area contributed by atoms with Gasteiger partial charge < -0.3 is 19.0 Å². The number of methoxy groups -OCH3 is 1. The van der Waals surface area contributed by atoms with Crippen LogP contribution in [-0.2, 0) is 16.6 Å². The fraction of sp³-hybridized carbons (Fsp3) is 0.316. The fourth-order valence-electron chi connectivity index (χ4n) is 7.61. The molecule has 1 atom stereocenters. The van der Waals surface area contributed by atoms with Gasteiger partial charge in [-0.3, -0.25) is 19.6 Å². The van der Waals surface area contributed by atoms with E-state index >= 15 is 0 Å². The maximum atomic E-state index is 14.0. The topological polar surface area (TPSA) is 154 Å². The van der Waals surface area contributed by atoms with Gasteiger partial charge in [0.25, 0.3) is 0 Å². The Kier molecular flexibility index (Phi) is 8.03. The molecule has 2 saturated heterocycles. The minimum atomic E-state index is -0.509. The van der Waals surface area contributed by atoms with E-state index in [2.05, 4.69) is 32.3 Å². The van der Waals surface area contributed by atoms with E-state index in [1.165, 1.54) is 12.7 Å². The second kappa shape index (κ2) is 12.7. The molecule has 2 fully saturated rings. The van der Waals surface area contributed by atoms with Gasteiger partial charge in [0, 0.05) is 55.4 Å². The molecule has 8 rings (SSSR count). The highest BCUT2D eigenvalue weighted by molar-refractivity contribution is 6.03. The van der Waals surface area contributed by atoms with Gasteiger partial charge in [-0.15, -0.1) is 5.10 Å². The first-order chi connectivity index (χ1) is 24.7. The van der Waals surface area contributed by atoms with E-state index in [-0.39, 0.29) is 17.7 Å². The molecule has 0 radical (unpaired) electrons. The number of carbonyl (C=O) groups is 2. The summed E-state index contributed by atoms with van der Waals surface area (Å²) in [7, 11) is 3.08. The summed E-state index contributed by atoms with van der Waals surface area (Å²) in [4.78, 5) is 45.0. The number of anilines is 1. The molecule has 13 nitrogen and oxygen atoms in total. The number of nitriles is 1. The molecule has 3 aliphatic heterocycles. The molecule has 5 heterocycles. The molecular formula is C38H36N8O5. The Labute approximate surface area is 293 Å². The van der Waals surface area contributed by atoms with Crippen LogP contribution in [0.1, 0.15) is 30.4 Å². The molecule has 1 spiro atoms. The van der Waals surface area contributed by atoms with E-state index in [0.29, 0.717) is 56.3 Å². The number of nitrogens with one attached hydrogen (secondary N) is 1. The Balaban J connectivity index is 0.901. The Bertz CT molecular complexity index is 2310. The first-order valence-electron chi connectivity index (χ1n) is 17.0. The van der Waals surface area contributed by atoms with Gasteiger partial charge in [0.05, 0.1) is 30.1 Å². The van der Waals surface area contributed by atoms with Gasteiger partial charge in [-0.25, -0.2) is 4.79 Å². The van der Waals surface area contributed by atoms with Crippen LogP contribution in [0.3, 0.4) is 0 Å². The Morgan fingerprint density at radius 1 is 1.02 bits per heavy atom. The van der Waals surface area contributed by atoms with Crippen LogP contribution >= 0.6 is 0 Å². The van der Waals surface area contributed by atoms with Gasteiger partial charge in [0.1, 0.15) is 17.5 Å². The van der Waals surface area contributed by atoms with E-state index < -0.39 is 11.2 Å². The smallest absolute Gasteiger partial charge is 0.437 e. The van der Waals surface area contributed by atoms with Crippen molar-refractivity contribution in [2.45, 2.75) is 19.3 Å². The van der Waals surface area contributed by atoms with Gasteiger partial charge in [-0.2, -0.15) is 15.0 Å². The van der Waals surface area contributed by atoms with Crippen molar-refractivity contribution in [2.75, 3.05) is 51.3 Å². The largest absolute Gasteiger partial charge is 0.495 e. The molecule has 3 aromatic carbocycles. The van der Waals surface area contributed by atoms with Crippen LogP contribution in [0.4, 0.5) is 5.69 Å². The minimum Gasteiger partial charge on any atom is -0.495 e. The molecular weight excluding hydrogens is 648 g/mol. The van der Waals surface area contributed by atoms with Crippen molar-refractivity contribution in [1.29, 1.82) is 5.26 Å². The van der Waals surface area contributed by atoms with Gasteiger partial charge in [-0.05, 0) is 85.5 Å². The number of ether oxygens (including phenoxy) is 1. The monoisotopic (exact) mass is 684 g/mol. The lowest BCUT2D eigenvalue weighted by Crippen LogP contribution is -2.43. The molecule has 0 aliphatic carbocycles. The number of carbonyl (C=O) groups excluding carboxylic acids is 2. The van der Waals surface area contributed by atoms with Crippen molar-refractivity contribution in [3.8, 4) is 34.5 Å². The highest BCUT2D eigenvalue weighted by Gasteiger charge is 2.51. The first-order valence-corrected chi connectivity index (χ1v) is 17.0. The van der Waals surface area contributed by atoms with Crippen LogP contribution in [0.5, 0.6) is 5.75 Å². The molecule has 1 N–H and O–H groups in total. The number of nitrogens with zero attached hydrogens (tertiary/aromatic N) is 7. The molecule has 0 unspecified atom stereocenters. The number of benzene rings is 3. The fourth-order valence-corrected chi connectivity index (χ4v) is 7.61. The highest BCUT2D eigenvalue weighted by atomic mass is 16.5. The van der Waals surface area contributed by atoms with Crippen LogP contribution in [-0.4, -0.2) is 88.0 Å². The molecule has 258 valence electrons. The average molecular weight is 685 g/mol. The number of aryl methyl sites for hydroxylation is 1. The number of rotatable bonds is 7. The van der Waals surface area contributed by atoms with Gasteiger partial charge in [-0.1, -0.05) is 18.2 Å². The van der Waals surface area contributed by atoms with Crippen LogP contribution in [0.15, 0.2) is 76.0 Å². The zero-order valence-electron chi connectivity index (χ0n) is 28.4. The predicted molar refractivity (Wildman–Crippen MR) is 190 cm³/mol. The third kappa shape index (κ3) is 5.77. The lowest BCUT2D eigenvalue weighted by Gasteiger charge is -2.29. The second-order valence-electron chi connectivity index (χ2n) is 13.5. The third-order valence-corrected chi connectivity index (χ3v) is 10.5. The number of aromatic amines is 1. The normalized spacial score (nSPS) is 19.2. The molecule has 51 heavy (non-hydrogen) atoms. The van der Waals surface area contributed by atoms with Crippen molar-refractivity contribution in [1.82, 2.24) is 29.8 Å². The van der Waals surface area contributed by atoms with Gasteiger partial charge in [0.2, 0.25) is 17.7 Å². The zero-order chi connectivity index (χ0) is 35.3. The zero-order valence-corrected chi connectivity index (χ0v) is 28.4. The SMILES string of the molecule is COc1ccc(-c2n[nH]c3ccc(N4CC[C@]5(CCN(CC(=O)N6CC=C(c7ccc(-c8nn(C)c(=O)o8)cc7)CC6)C5)C4=O)cc23)cc1C#N. The highest BCUT2D eigenvalue weighted by Crippen LogP contribution is 2.43. The number of H-pyrrole nitrogens is 1. The number of likely N-dealkylation sites (tertiary alicyclic amines) is 1. The third-order valence-electron chi connectivity index (χ3n) is 10.5. The summed E-state index contributed by atoms with van der Waals surface area (Å²) in [6.45, 7) is 3.32. The lowest BCUT2D eigenvalue weighted by atomic mass is 9.85. The maximum Gasteiger partial charge on any atom is 0.437 e. The first kappa shape index (κ1) is 32.2. The predicted octanol–water partition coefficient (Wildman–Crippen LogP) is 4.21. The lowest BCUT2D eigenvalue weighted by molar-refractivity contribution is -0.132. The van der Waals surface area contributed by atoms with Crippen LogP contribution in [0, 0.1) is 16.7 Å². The van der Waals surface area contributed by atoms with Crippen LogP contribution in [0.2, 0.25) is 0 Å². The van der Waals surface area contributed by atoms with Crippen molar-refractivity contribution in [2.24, 2.45) is 12.5 Å². The quantitative estimate of drug-likeness (QED) is 0.266. The number of hydrogen-bond donors (Lipinski definition) is 1. The van der Waals surface area contributed by atoms with Crippen LogP contribution in [0.25, 0.3) is 39.2 Å². The van der Waals surface area contributed by atoms with E-state index in [1.54, 1.807) is 19.2 Å². The average Bonchev–Trinajstić information content (AvgIpc) is 3.94. The summed E-state index contributed by atoms with van der Waals surface area (Å²) < 4.78 is 11.7. The summed E-state index contributed by atoms with van der Waals surface area (Å²) in [5.41, 5.74) is 6.00. The van der Waals surface area contributed by atoms with E-state index in [9.17, 15) is 19.6 Å². The van der Waals surface area contributed by atoms with Crippen molar-refractivity contribution in [3.63, 3.8) is 0 Å². The van der Waals surface area contributed by atoms with Crippen molar-refractivity contribution >= 4 is 34.0 Å². The molecule has 2 amide bonds. The van der Waals surface area contributed by atoms with Crippen molar-refractivity contribution < 1.29 is 18.7 Å². The summed E-state index contributed by atoms with van der Waals surface area (Å²) >= 11 is 0. The molecule has 13 heteroatoms. The summed E-state index contributed by atoms with van der Waals surface area (Å²) in [5, 5.41) is 22.2. The van der Waals surface area contributed by atoms with E-state index in [1.807, 2.05) is 58.3 Å². The maximum absolute atomic E-state index is 14.0. The number of aromatic nitrogens is 4. The summed E-state index contributed by atoms with van der Waals surface area (Å²) in [6.07, 6.45) is 4.29. The number of hydrogen-bond acceptors (Lipinski definition) is 9. The van der Waals surface area contributed by atoms with E-state index in [4.69, 9.17) is 9.15 Å². The Morgan fingerprint density at radius 2 is 1.80 bits per heavy atom. The van der Waals surface area contributed by atoms with Crippen LogP contribution < -0.4 is 15.4 Å². The number of fused-ring (bicyclic) bond motifs is 1. The molecule has 3 aliphatic rings. The summed E-state index contributed by atoms with van der Waals surface area (Å²) in [5.74, 6) is 0.450. The molecule has 0 saturated carbocycles. The molecule has 5 aromatic rings. The van der Waals surface area contributed by atoms with E-state index in [0.717, 1.165) is 57.2 Å².